The highest BCUT2D eigenvalue weighted by molar-refractivity contribution is 5.95. The van der Waals surface area contributed by atoms with Crippen LogP contribution in [0.2, 0.25) is 0 Å². The zero-order valence-electron chi connectivity index (χ0n) is 14.6. The molecule has 1 aliphatic heterocycles. The minimum atomic E-state index is 0.0474. The second kappa shape index (κ2) is 7.97. The van der Waals surface area contributed by atoms with E-state index in [0.717, 1.165) is 12.1 Å². The van der Waals surface area contributed by atoms with E-state index in [1.165, 1.54) is 11.1 Å². The Hall–Kier alpha value is -2.62. The molecule has 1 saturated heterocycles. The fraction of sp³-hybridized carbons (Fsp3) is 0.333. The number of carbonyl (C=O) groups excluding carboxylic acids is 2. The summed E-state index contributed by atoms with van der Waals surface area (Å²) in [5, 5.41) is 2.98. The first-order valence-electron chi connectivity index (χ1n) is 8.79. The van der Waals surface area contributed by atoms with Crippen LogP contribution in [-0.4, -0.2) is 24.9 Å². The Morgan fingerprint density at radius 3 is 2.56 bits per heavy atom. The lowest BCUT2D eigenvalue weighted by molar-refractivity contribution is -0.121. The number of nitrogens with zero attached hydrogens (tertiary/aromatic N) is 1. The van der Waals surface area contributed by atoms with Gasteiger partial charge < -0.3 is 10.2 Å². The van der Waals surface area contributed by atoms with Crippen LogP contribution in [0.5, 0.6) is 0 Å². The Morgan fingerprint density at radius 1 is 1.12 bits per heavy atom. The predicted octanol–water partition coefficient (Wildman–Crippen LogP) is 3.10. The fourth-order valence-electron chi connectivity index (χ4n) is 3.13. The first-order chi connectivity index (χ1) is 12.1. The van der Waals surface area contributed by atoms with Gasteiger partial charge in [-0.2, -0.15) is 0 Å². The smallest absolute Gasteiger partial charge is 0.227 e. The van der Waals surface area contributed by atoms with Crippen molar-refractivity contribution in [2.24, 2.45) is 5.92 Å². The molecule has 0 aromatic heterocycles. The van der Waals surface area contributed by atoms with Gasteiger partial charge in [0, 0.05) is 37.5 Å². The van der Waals surface area contributed by atoms with Crippen molar-refractivity contribution < 1.29 is 9.59 Å². The van der Waals surface area contributed by atoms with E-state index in [4.69, 9.17) is 0 Å². The number of benzene rings is 2. The summed E-state index contributed by atoms with van der Waals surface area (Å²) in [6, 6.07) is 18.0. The molecular weight excluding hydrogens is 312 g/mol. The van der Waals surface area contributed by atoms with Crippen molar-refractivity contribution in [3.8, 4) is 0 Å². The number of carbonyl (C=O) groups is 2. The van der Waals surface area contributed by atoms with Crippen molar-refractivity contribution in [3.63, 3.8) is 0 Å². The molecule has 0 bridgehead atoms. The molecule has 1 heterocycles. The molecule has 4 heteroatoms. The van der Waals surface area contributed by atoms with Crippen LogP contribution in [0.25, 0.3) is 0 Å². The van der Waals surface area contributed by atoms with Gasteiger partial charge in [-0.1, -0.05) is 48.0 Å². The summed E-state index contributed by atoms with van der Waals surface area (Å²) in [4.78, 5) is 26.1. The minimum absolute atomic E-state index is 0.0474. The standard InChI is InChI=1S/C21H24N2O2/c1-16-7-9-17(10-8-16)11-12-20(24)22-14-18-13-21(25)23(15-18)19-5-3-2-4-6-19/h2-10,18H,11-15H2,1H3,(H,22,24). The van der Waals surface area contributed by atoms with Crippen LogP contribution in [-0.2, 0) is 16.0 Å². The zero-order chi connectivity index (χ0) is 17.6. The van der Waals surface area contributed by atoms with Crippen molar-refractivity contribution in [2.75, 3.05) is 18.0 Å². The first-order valence-corrected chi connectivity index (χ1v) is 8.79. The summed E-state index contributed by atoms with van der Waals surface area (Å²) >= 11 is 0. The maximum Gasteiger partial charge on any atom is 0.227 e. The largest absolute Gasteiger partial charge is 0.356 e. The molecule has 1 N–H and O–H groups in total. The van der Waals surface area contributed by atoms with E-state index >= 15 is 0 Å². The lowest BCUT2D eigenvalue weighted by atomic mass is 10.1. The molecule has 25 heavy (non-hydrogen) atoms. The van der Waals surface area contributed by atoms with Crippen LogP contribution in [0.4, 0.5) is 5.69 Å². The second-order valence-corrected chi connectivity index (χ2v) is 6.70. The Balaban J connectivity index is 1.43. The predicted molar refractivity (Wildman–Crippen MR) is 99.4 cm³/mol. The number of para-hydroxylation sites is 1. The highest BCUT2D eigenvalue weighted by Crippen LogP contribution is 2.24. The van der Waals surface area contributed by atoms with Crippen molar-refractivity contribution in [3.05, 3.63) is 65.7 Å². The van der Waals surface area contributed by atoms with Gasteiger partial charge in [0.15, 0.2) is 0 Å². The monoisotopic (exact) mass is 336 g/mol. The quantitative estimate of drug-likeness (QED) is 0.881. The lowest BCUT2D eigenvalue weighted by Gasteiger charge is -2.16. The number of nitrogens with one attached hydrogen (secondary N) is 1. The van der Waals surface area contributed by atoms with Crippen molar-refractivity contribution in [1.82, 2.24) is 5.32 Å². The summed E-state index contributed by atoms with van der Waals surface area (Å²) in [7, 11) is 0. The van der Waals surface area contributed by atoms with Gasteiger partial charge in [-0.25, -0.2) is 0 Å². The Labute approximate surface area is 148 Å². The molecule has 4 nitrogen and oxygen atoms in total. The Bertz CT molecular complexity index is 725. The molecule has 2 aromatic carbocycles. The SMILES string of the molecule is Cc1ccc(CCC(=O)NCC2CC(=O)N(c3ccccc3)C2)cc1. The lowest BCUT2D eigenvalue weighted by Crippen LogP contribution is -2.31. The molecular formula is C21H24N2O2. The molecule has 1 atom stereocenters. The summed E-state index contributed by atoms with van der Waals surface area (Å²) < 4.78 is 0. The molecule has 0 saturated carbocycles. The van der Waals surface area contributed by atoms with Gasteiger partial charge in [0.1, 0.15) is 0 Å². The molecule has 1 aliphatic rings. The molecule has 0 aliphatic carbocycles. The first kappa shape index (κ1) is 17.2. The van der Waals surface area contributed by atoms with E-state index in [2.05, 4.69) is 36.5 Å². The van der Waals surface area contributed by atoms with Gasteiger partial charge in [0.2, 0.25) is 11.8 Å². The summed E-state index contributed by atoms with van der Waals surface area (Å²) in [6.45, 7) is 3.28. The Kier molecular flexibility index (Phi) is 5.49. The minimum Gasteiger partial charge on any atom is -0.356 e. The van der Waals surface area contributed by atoms with E-state index in [-0.39, 0.29) is 17.7 Å². The average Bonchev–Trinajstić information content (AvgIpc) is 3.01. The van der Waals surface area contributed by atoms with E-state index in [1.807, 2.05) is 35.2 Å². The molecule has 2 aromatic rings. The average molecular weight is 336 g/mol. The highest BCUT2D eigenvalue weighted by atomic mass is 16.2. The van der Waals surface area contributed by atoms with E-state index < -0.39 is 0 Å². The number of anilines is 1. The van der Waals surface area contributed by atoms with Gasteiger partial charge in [-0.3, -0.25) is 9.59 Å². The maximum atomic E-state index is 12.2. The van der Waals surface area contributed by atoms with Crippen LogP contribution in [0.1, 0.15) is 24.0 Å². The van der Waals surface area contributed by atoms with E-state index in [9.17, 15) is 9.59 Å². The van der Waals surface area contributed by atoms with Crippen LogP contribution < -0.4 is 10.2 Å². The molecule has 0 spiro atoms. The molecule has 1 unspecified atom stereocenters. The molecule has 2 amide bonds. The van der Waals surface area contributed by atoms with E-state index in [1.54, 1.807) is 0 Å². The van der Waals surface area contributed by atoms with Crippen LogP contribution in [0, 0.1) is 12.8 Å². The normalized spacial score (nSPS) is 16.9. The zero-order valence-corrected chi connectivity index (χ0v) is 14.6. The van der Waals surface area contributed by atoms with Crippen LogP contribution >= 0.6 is 0 Å². The number of rotatable bonds is 6. The summed E-state index contributed by atoms with van der Waals surface area (Å²) in [5.74, 6) is 0.354. The van der Waals surface area contributed by atoms with Gasteiger partial charge in [0.25, 0.3) is 0 Å². The second-order valence-electron chi connectivity index (χ2n) is 6.70. The van der Waals surface area contributed by atoms with Crippen LogP contribution in [0.15, 0.2) is 54.6 Å². The van der Waals surface area contributed by atoms with Gasteiger partial charge in [-0.15, -0.1) is 0 Å². The van der Waals surface area contributed by atoms with Gasteiger partial charge in [0.05, 0.1) is 0 Å². The number of amides is 2. The Morgan fingerprint density at radius 2 is 1.84 bits per heavy atom. The van der Waals surface area contributed by atoms with E-state index in [0.29, 0.717) is 25.9 Å². The molecule has 130 valence electrons. The number of aryl methyl sites for hydroxylation is 2. The molecule has 3 rings (SSSR count). The fourth-order valence-corrected chi connectivity index (χ4v) is 3.13. The third kappa shape index (κ3) is 4.69. The number of hydrogen-bond acceptors (Lipinski definition) is 2. The van der Waals surface area contributed by atoms with Gasteiger partial charge in [-0.05, 0) is 31.0 Å². The summed E-state index contributed by atoms with van der Waals surface area (Å²) in [5.41, 5.74) is 3.33. The van der Waals surface area contributed by atoms with Crippen molar-refractivity contribution in [1.29, 1.82) is 0 Å². The summed E-state index contributed by atoms with van der Waals surface area (Å²) in [6.07, 6.45) is 1.71. The number of hydrogen-bond donors (Lipinski definition) is 1. The topological polar surface area (TPSA) is 49.4 Å². The van der Waals surface area contributed by atoms with Crippen molar-refractivity contribution in [2.45, 2.75) is 26.2 Å². The third-order valence-electron chi connectivity index (χ3n) is 4.62. The molecule has 1 fully saturated rings. The maximum absolute atomic E-state index is 12.2. The van der Waals surface area contributed by atoms with Crippen molar-refractivity contribution >= 4 is 17.5 Å². The highest BCUT2D eigenvalue weighted by Gasteiger charge is 2.30. The third-order valence-corrected chi connectivity index (χ3v) is 4.62. The van der Waals surface area contributed by atoms with Crippen LogP contribution in [0.3, 0.4) is 0 Å². The van der Waals surface area contributed by atoms with Gasteiger partial charge >= 0.3 is 0 Å². The molecule has 0 radical (unpaired) electrons.